The molecule has 2 fully saturated rings. The number of hydrogen-bond acceptors (Lipinski definition) is 4. The van der Waals surface area contributed by atoms with Crippen LogP contribution in [0.25, 0.3) is 0 Å². The van der Waals surface area contributed by atoms with Gasteiger partial charge in [-0.2, -0.15) is 0 Å². The van der Waals surface area contributed by atoms with Crippen LogP contribution in [0.2, 0.25) is 0 Å². The van der Waals surface area contributed by atoms with E-state index in [9.17, 15) is 4.39 Å². The first-order valence-corrected chi connectivity index (χ1v) is 7.60. The van der Waals surface area contributed by atoms with Crippen molar-refractivity contribution in [3.8, 4) is 5.75 Å². The van der Waals surface area contributed by atoms with Crippen LogP contribution in [0.4, 0.5) is 10.1 Å². The molecule has 21 heavy (non-hydrogen) atoms. The van der Waals surface area contributed by atoms with Gasteiger partial charge in [0.25, 0.3) is 0 Å². The Bertz CT molecular complexity index is 508. The molecule has 3 N–H and O–H groups in total. The molecule has 2 aliphatic rings. The summed E-state index contributed by atoms with van der Waals surface area (Å²) in [6.45, 7) is 0.518. The number of rotatable bonds is 4. The summed E-state index contributed by atoms with van der Waals surface area (Å²) in [4.78, 5) is 2.46. The Morgan fingerprint density at radius 2 is 2.05 bits per heavy atom. The molecule has 2 bridgehead atoms. The van der Waals surface area contributed by atoms with Crippen molar-refractivity contribution in [2.45, 2.75) is 43.3 Å². The smallest absolute Gasteiger partial charge is 0.146 e. The number of anilines is 1. The normalized spacial score (nSPS) is 32.2. The maximum Gasteiger partial charge on any atom is 0.146 e. The standard InChI is InChI=1S/C16H24FN3O/c1-20-11-3-4-12(20)9-16(8-11,10-18)19-15-7-13(21-2)5-6-14(15)17/h5-7,11-12,19H,3-4,8-10,18H2,1-2H3. The zero-order chi connectivity index (χ0) is 15.0. The number of methoxy groups -OCH3 is 1. The fraction of sp³-hybridized carbons (Fsp3) is 0.625. The molecule has 5 heteroatoms. The van der Waals surface area contributed by atoms with Crippen LogP contribution in [0.5, 0.6) is 5.75 Å². The first-order chi connectivity index (χ1) is 10.1. The van der Waals surface area contributed by atoms with Crippen molar-refractivity contribution >= 4 is 5.69 Å². The van der Waals surface area contributed by atoms with E-state index in [0.29, 0.717) is 30.1 Å². The molecule has 0 saturated carbocycles. The monoisotopic (exact) mass is 293 g/mol. The molecule has 3 rings (SSSR count). The molecule has 4 nitrogen and oxygen atoms in total. The van der Waals surface area contributed by atoms with Crippen LogP contribution in [0.3, 0.4) is 0 Å². The van der Waals surface area contributed by atoms with Crippen LogP contribution in [-0.4, -0.2) is 43.2 Å². The van der Waals surface area contributed by atoms with Gasteiger partial charge in [-0.25, -0.2) is 4.39 Å². The van der Waals surface area contributed by atoms with Crippen molar-refractivity contribution in [2.75, 3.05) is 26.0 Å². The Hall–Kier alpha value is -1.33. The van der Waals surface area contributed by atoms with Gasteiger partial charge in [-0.3, -0.25) is 0 Å². The van der Waals surface area contributed by atoms with E-state index >= 15 is 0 Å². The van der Waals surface area contributed by atoms with Gasteiger partial charge in [-0.15, -0.1) is 0 Å². The number of piperidine rings is 1. The second-order valence-electron chi connectivity index (χ2n) is 6.41. The molecule has 1 aromatic rings. The average molecular weight is 293 g/mol. The molecule has 2 unspecified atom stereocenters. The summed E-state index contributed by atoms with van der Waals surface area (Å²) in [5, 5.41) is 3.40. The lowest BCUT2D eigenvalue weighted by Gasteiger charge is -2.45. The SMILES string of the molecule is COc1ccc(F)c(NC2(CN)CC3CCC(C2)N3C)c1. The summed E-state index contributed by atoms with van der Waals surface area (Å²) in [6, 6.07) is 5.89. The van der Waals surface area contributed by atoms with Gasteiger partial charge in [-0.1, -0.05) is 0 Å². The number of hydrogen-bond donors (Lipinski definition) is 2. The predicted octanol–water partition coefficient (Wildman–Crippen LogP) is 2.20. The Balaban J connectivity index is 1.85. The lowest BCUT2D eigenvalue weighted by Crippen LogP contribution is -2.57. The number of nitrogens with two attached hydrogens (primary N) is 1. The fourth-order valence-corrected chi connectivity index (χ4v) is 3.90. The maximum absolute atomic E-state index is 14.1. The third-order valence-corrected chi connectivity index (χ3v) is 5.20. The average Bonchev–Trinajstić information content (AvgIpc) is 2.73. The lowest BCUT2D eigenvalue weighted by atomic mass is 9.82. The van der Waals surface area contributed by atoms with E-state index in [4.69, 9.17) is 10.5 Å². The second-order valence-corrected chi connectivity index (χ2v) is 6.41. The van der Waals surface area contributed by atoms with Crippen LogP contribution in [0.15, 0.2) is 18.2 Å². The molecular weight excluding hydrogens is 269 g/mol. The zero-order valence-corrected chi connectivity index (χ0v) is 12.7. The number of nitrogens with zero attached hydrogens (tertiary/aromatic N) is 1. The summed E-state index contributed by atoms with van der Waals surface area (Å²) in [7, 11) is 3.78. The summed E-state index contributed by atoms with van der Waals surface area (Å²) in [6.07, 6.45) is 4.36. The van der Waals surface area contributed by atoms with E-state index in [1.54, 1.807) is 19.2 Å². The van der Waals surface area contributed by atoms with Crippen molar-refractivity contribution in [1.82, 2.24) is 4.90 Å². The molecule has 2 aliphatic heterocycles. The molecule has 0 amide bonds. The molecule has 0 aliphatic carbocycles. The van der Waals surface area contributed by atoms with Gasteiger partial charge in [0, 0.05) is 24.7 Å². The van der Waals surface area contributed by atoms with Gasteiger partial charge in [0.2, 0.25) is 0 Å². The maximum atomic E-state index is 14.1. The van der Waals surface area contributed by atoms with Crippen molar-refractivity contribution in [3.63, 3.8) is 0 Å². The Kier molecular flexibility index (Phi) is 3.80. The Morgan fingerprint density at radius 3 is 2.62 bits per heavy atom. The number of fused-ring (bicyclic) bond motifs is 2. The van der Waals surface area contributed by atoms with E-state index in [0.717, 1.165) is 12.8 Å². The van der Waals surface area contributed by atoms with Gasteiger partial charge < -0.3 is 20.7 Å². The minimum absolute atomic E-state index is 0.217. The minimum Gasteiger partial charge on any atom is -0.497 e. The van der Waals surface area contributed by atoms with Gasteiger partial charge in [0.05, 0.1) is 18.3 Å². The van der Waals surface area contributed by atoms with E-state index in [1.807, 2.05) is 0 Å². The minimum atomic E-state index is -0.255. The van der Waals surface area contributed by atoms with Crippen molar-refractivity contribution in [1.29, 1.82) is 0 Å². The molecule has 2 saturated heterocycles. The number of benzene rings is 1. The highest BCUT2D eigenvalue weighted by atomic mass is 19.1. The van der Waals surface area contributed by atoms with Crippen molar-refractivity contribution in [3.05, 3.63) is 24.0 Å². The number of nitrogens with one attached hydrogen (secondary N) is 1. The fourth-order valence-electron chi connectivity index (χ4n) is 3.90. The summed E-state index contributed by atoms with van der Waals surface area (Å²) in [5.74, 6) is 0.400. The molecular formula is C16H24FN3O. The van der Waals surface area contributed by atoms with Crippen LogP contribution in [0, 0.1) is 5.82 Å². The highest BCUT2D eigenvalue weighted by Crippen LogP contribution is 2.41. The quantitative estimate of drug-likeness (QED) is 0.893. The predicted molar refractivity (Wildman–Crippen MR) is 82.2 cm³/mol. The first kappa shape index (κ1) is 14.6. The molecule has 2 atom stereocenters. The number of halogens is 1. The van der Waals surface area contributed by atoms with Crippen molar-refractivity contribution in [2.24, 2.45) is 5.73 Å². The summed E-state index contributed by atoms with van der Waals surface area (Å²) < 4.78 is 19.3. The van der Waals surface area contributed by atoms with E-state index < -0.39 is 0 Å². The van der Waals surface area contributed by atoms with E-state index in [-0.39, 0.29) is 11.4 Å². The van der Waals surface area contributed by atoms with Gasteiger partial charge in [-0.05, 0) is 44.9 Å². The third-order valence-electron chi connectivity index (χ3n) is 5.20. The highest BCUT2D eigenvalue weighted by molar-refractivity contribution is 5.52. The molecule has 116 valence electrons. The first-order valence-electron chi connectivity index (χ1n) is 7.60. The summed E-state index contributed by atoms with van der Waals surface area (Å²) in [5.41, 5.74) is 6.34. The molecule has 0 spiro atoms. The van der Waals surface area contributed by atoms with Gasteiger partial charge in [0.15, 0.2) is 0 Å². The van der Waals surface area contributed by atoms with Gasteiger partial charge in [0.1, 0.15) is 11.6 Å². The van der Waals surface area contributed by atoms with Gasteiger partial charge >= 0.3 is 0 Å². The Morgan fingerprint density at radius 1 is 1.38 bits per heavy atom. The van der Waals surface area contributed by atoms with Crippen LogP contribution >= 0.6 is 0 Å². The van der Waals surface area contributed by atoms with Crippen molar-refractivity contribution < 1.29 is 9.13 Å². The molecule has 0 aromatic heterocycles. The lowest BCUT2D eigenvalue weighted by molar-refractivity contribution is 0.127. The molecule has 2 heterocycles. The Labute approximate surface area is 125 Å². The third kappa shape index (κ3) is 2.60. The van der Waals surface area contributed by atoms with Crippen LogP contribution in [0.1, 0.15) is 25.7 Å². The van der Waals surface area contributed by atoms with E-state index in [1.165, 1.54) is 18.9 Å². The largest absolute Gasteiger partial charge is 0.497 e. The highest BCUT2D eigenvalue weighted by Gasteiger charge is 2.46. The van der Waals surface area contributed by atoms with Crippen LogP contribution in [-0.2, 0) is 0 Å². The number of ether oxygens (including phenoxy) is 1. The molecule has 0 radical (unpaired) electrons. The van der Waals surface area contributed by atoms with Crippen LogP contribution < -0.4 is 15.8 Å². The summed E-state index contributed by atoms with van der Waals surface area (Å²) >= 11 is 0. The van der Waals surface area contributed by atoms with E-state index in [2.05, 4.69) is 17.3 Å². The molecule has 1 aromatic carbocycles. The zero-order valence-electron chi connectivity index (χ0n) is 12.7. The second kappa shape index (κ2) is 5.46. The topological polar surface area (TPSA) is 50.5 Å².